The molecule has 1 aliphatic rings. The van der Waals surface area contributed by atoms with Gasteiger partial charge in [-0.1, -0.05) is 16.6 Å². The minimum Gasteiger partial charge on any atom is -0.372 e. The monoisotopic (exact) mass is 260 g/mol. The number of nitrogens with zero attached hydrogens (tertiary/aromatic N) is 3. The third-order valence-electron chi connectivity index (χ3n) is 3.24. The van der Waals surface area contributed by atoms with Gasteiger partial charge in [0.15, 0.2) is 0 Å². The zero-order valence-electron chi connectivity index (χ0n) is 10.2. The zero-order valence-corrected chi connectivity index (χ0v) is 11.0. The Morgan fingerprint density at radius 2 is 1.94 bits per heavy atom. The molecule has 3 rings (SSSR count). The molecule has 0 aliphatic carbocycles. The molecule has 1 aliphatic heterocycles. The van der Waals surface area contributed by atoms with E-state index in [0.29, 0.717) is 0 Å². The molecule has 1 aromatic heterocycles. The molecule has 4 nitrogen and oxygen atoms in total. The molecule has 0 unspecified atom stereocenters. The van der Waals surface area contributed by atoms with E-state index in [4.69, 9.17) is 0 Å². The van der Waals surface area contributed by atoms with Gasteiger partial charge < -0.3 is 10.2 Å². The fourth-order valence-corrected chi connectivity index (χ4v) is 2.65. The fraction of sp³-hybridized carbons (Fsp3) is 0.385. The van der Waals surface area contributed by atoms with E-state index < -0.39 is 0 Å². The first-order chi connectivity index (χ1) is 8.92. The highest BCUT2D eigenvalue weighted by Gasteiger charge is 2.11. The number of hydrogen-bond acceptors (Lipinski definition) is 5. The molecule has 2 heterocycles. The summed E-state index contributed by atoms with van der Waals surface area (Å²) in [6, 6.07) is 8.81. The molecule has 0 amide bonds. The fourth-order valence-electron chi connectivity index (χ4n) is 2.23. The predicted octanol–water partition coefficient (Wildman–Crippen LogP) is 2.75. The zero-order chi connectivity index (χ0) is 12.2. The smallest absolute Gasteiger partial charge is 0.130 e. The van der Waals surface area contributed by atoms with Gasteiger partial charge in [0.1, 0.15) is 5.00 Å². The van der Waals surface area contributed by atoms with Gasteiger partial charge in [0.05, 0.1) is 6.20 Å². The standard InChI is InChI=1S/C13H16N4S/c1-2-8-17(7-1)12-5-3-11(4-6-12)9-14-13-10-15-16-18-13/h3-6,10,14H,1-2,7-9H2. The van der Waals surface area contributed by atoms with Crippen molar-refractivity contribution in [2.75, 3.05) is 23.3 Å². The SMILES string of the molecule is c1cc(N2CCCC2)ccc1CNc1cnns1. The van der Waals surface area contributed by atoms with Gasteiger partial charge in [-0.05, 0) is 30.5 Å². The van der Waals surface area contributed by atoms with E-state index in [9.17, 15) is 0 Å². The maximum atomic E-state index is 3.82. The molecule has 18 heavy (non-hydrogen) atoms. The Hall–Kier alpha value is -1.62. The van der Waals surface area contributed by atoms with E-state index in [1.165, 1.54) is 48.7 Å². The summed E-state index contributed by atoms with van der Waals surface area (Å²) in [4.78, 5) is 2.45. The first kappa shape index (κ1) is 11.5. The third-order valence-corrected chi connectivity index (χ3v) is 3.86. The summed E-state index contributed by atoms with van der Waals surface area (Å²) >= 11 is 1.39. The van der Waals surface area contributed by atoms with Crippen LogP contribution in [0.25, 0.3) is 0 Å². The molecule has 1 N–H and O–H groups in total. The summed E-state index contributed by atoms with van der Waals surface area (Å²) in [7, 11) is 0. The van der Waals surface area contributed by atoms with Crippen molar-refractivity contribution in [1.29, 1.82) is 0 Å². The molecule has 5 heteroatoms. The number of anilines is 2. The van der Waals surface area contributed by atoms with E-state index in [-0.39, 0.29) is 0 Å². The maximum Gasteiger partial charge on any atom is 0.130 e. The van der Waals surface area contributed by atoms with E-state index >= 15 is 0 Å². The van der Waals surface area contributed by atoms with Crippen LogP contribution in [0.5, 0.6) is 0 Å². The molecule has 0 atom stereocenters. The molecule has 1 fully saturated rings. The minimum absolute atomic E-state index is 0.824. The first-order valence-corrected chi connectivity index (χ1v) is 7.04. The first-order valence-electron chi connectivity index (χ1n) is 6.27. The van der Waals surface area contributed by atoms with Gasteiger partial charge in [-0.15, -0.1) is 5.10 Å². The lowest BCUT2D eigenvalue weighted by atomic mass is 10.2. The summed E-state index contributed by atoms with van der Waals surface area (Å²) < 4.78 is 3.82. The molecular formula is C13H16N4S. The molecule has 0 saturated carbocycles. The highest BCUT2D eigenvalue weighted by atomic mass is 32.1. The number of benzene rings is 1. The van der Waals surface area contributed by atoms with Crippen molar-refractivity contribution in [2.24, 2.45) is 0 Å². The summed E-state index contributed by atoms with van der Waals surface area (Å²) in [6.07, 6.45) is 4.40. The van der Waals surface area contributed by atoms with E-state index in [1.807, 2.05) is 0 Å². The normalized spacial score (nSPS) is 15.0. The van der Waals surface area contributed by atoms with Gasteiger partial charge >= 0.3 is 0 Å². The molecule has 2 aromatic rings. The van der Waals surface area contributed by atoms with Crippen LogP contribution in [0.3, 0.4) is 0 Å². The molecule has 1 aromatic carbocycles. The third kappa shape index (κ3) is 2.61. The van der Waals surface area contributed by atoms with Crippen molar-refractivity contribution in [1.82, 2.24) is 9.59 Å². The number of aromatic nitrogens is 2. The minimum atomic E-state index is 0.824. The van der Waals surface area contributed by atoms with Crippen LogP contribution < -0.4 is 10.2 Å². The Bertz CT molecular complexity index is 474. The molecule has 1 saturated heterocycles. The Morgan fingerprint density at radius 3 is 2.61 bits per heavy atom. The van der Waals surface area contributed by atoms with Crippen LogP contribution in [0, 0.1) is 0 Å². The number of hydrogen-bond donors (Lipinski definition) is 1. The average molecular weight is 260 g/mol. The van der Waals surface area contributed by atoms with Crippen molar-refractivity contribution in [3.8, 4) is 0 Å². The second kappa shape index (κ2) is 5.35. The van der Waals surface area contributed by atoms with Crippen molar-refractivity contribution in [3.05, 3.63) is 36.0 Å². The van der Waals surface area contributed by atoms with Crippen molar-refractivity contribution in [2.45, 2.75) is 19.4 Å². The van der Waals surface area contributed by atoms with Crippen molar-refractivity contribution in [3.63, 3.8) is 0 Å². The summed E-state index contributed by atoms with van der Waals surface area (Å²) in [5.74, 6) is 0. The highest BCUT2D eigenvalue weighted by Crippen LogP contribution is 2.21. The summed E-state index contributed by atoms with van der Waals surface area (Å²) in [5.41, 5.74) is 2.63. The van der Waals surface area contributed by atoms with Crippen molar-refractivity contribution >= 4 is 22.2 Å². The van der Waals surface area contributed by atoms with Gasteiger partial charge in [0.2, 0.25) is 0 Å². The second-order valence-corrected chi connectivity index (χ2v) is 5.28. The Balaban J connectivity index is 1.60. The van der Waals surface area contributed by atoms with Crippen LogP contribution in [0.15, 0.2) is 30.5 Å². The van der Waals surface area contributed by atoms with Gasteiger partial charge in [-0.3, -0.25) is 0 Å². The summed E-state index contributed by atoms with van der Waals surface area (Å²) in [5, 5.41) is 8.12. The molecule has 0 bridgehead atoms. The number of nitrogens with one attached hydrogen (secondary N) is 1. The Morgan fingerprint density at radius 1 is 1.17 bits per heavy atom. The van der Waals surface area contributed by atoms with Gasteiger partial charge in [0, 0.05) is 36.9 Å². The lowest BCUT2D eigenvalue weighted by molar-refractivity contribution is 0.949. The average Bonchev–Trinajstić information content (AvgIpc) is 3.10. The van der Waals surface area contributed by atoms with Crippen LogP contribution >= 0.6 is 11.5 Å². The van der Waals surface area contributed by atoms with E-state index in [0.717, 1.165) is 11.5 Å². The largest absolute Gasteiger partial charge is 0.372 e. The van der Waals surface area contributed by atoms with Crippen LogP contribution in [0.4, 0.5) is 10.7 Å². The van der Waals surface area contributed by atoms with E-state index in [1.54, 1.807) is 6.20 Å². The van der Waals surface area contributed by atoms with E-state index in [2.05, 4.69) is 44.1 Å². The molecule has 0 radical (unpaired) electrons. The molecule has 0 spiro atoms. The van der Waals surface area contributed by atoms with Crippen LogP contribution in [0.1, 0.15) is 18.4 Å². The highest BCUT2D eigenvalue weighted by molar-refractivity contribution is 7.09. The van der Waals surface area contributed by atoms with Gasteiger partial charge in [-0.2, -0.15) is 0 Å². The summed E-state index contributed by atoms with van der Waals surface area (Å²) in [6.45, 7) is 3.22. The molecule has 94 valence electrons. The molecular weight excluding hydrogens is 244 g/mol. The van der Waals surface area contributed by atoms with Crippen LogP contribution in [-0.2, 0) is 6.54 Å². The number of rotatable bonds is 4. The second-order valence-electron chi connectivity index (χ2n) is 4.50. The Labute approximate surface area is 111 Å². The lowest BCUT2D eigenvalue weighted by Crippen LogP contribution is -2.17. The van der Waals surface area contributed by atoms with Crippen molar-refractivity contribution < 1.29 is 0 Å². The predicted molar refractivity (Wildman–Crippen MR) is 75.1 cm³/mol. The van der Waals surface area contributed by atoms with Gasteiger partial charge in [-0.25, -0.2) is 0 Å². The quantitative estimate of drug-likeness (QED) is 0.917. The van der Waals surface area contributed by atoms with Crippen LogP contribution in [-0.4, -0.2) is 22.7 Å². The van der Waals surface area contributed by atoms with Crippen LogP contribution in [0.2, 0.25) is 0 Å². The Kier molecular flexibility index (Phi) is 3.41. The lowest BCUT2D eigenvalue weighted by Gasteiger charge is -2.17. The topological polar surface area (TPSA) is 41.0 Å². The van der Waals surface area contributed by atoms with Gasteiger partial charge in [0.25, 0.3) is 0 Å². The maximum absolute atomic E-state index is 3.82.